The van der Waals surface area contributed by atoms with Crippen molar-refractivity contribution in [2.45, 2.75) is 46.2 Å². The molecule has 0 aliphatic heterocycles. The Morgan fingerprint density at radius 2 is 2.15 bits per heavy atom. The standard InChI is InChI=1S/C10H19N3/c1-5-8(3)13-10(9(4)11)6-7(2)12-13/h6,8-9H,5,11H2,1-4H3/t8?,9-/m0/s1. The number of hydrogen-bond donors (Lipinski definition) is 1. The molecule has 0 saturated carbocycles. The number of nitrogens with zero attached hydrogens (tertiary/aromatic N) is 2. The second-order valence-electron chi connectivity index (χ2n) is 3.70. The first-order valence-corrected chi connectivity index (χ1v) is 4.87. The predicted molar refractivity (Wildman–Crippen MR) is 54.6 cm³/mol. The molecule has 1 rings (SSSR count). The molecule has 13 heavy (non-hydrogen) atoms. The van der Waals surface area contributed by atoms with Crippen LogP contribution in [0.2, 0.25) is 0 Å². The lowest BCUT2D eigenvalue weighted by Crippen LogP contribution is -2.16. The summed E-state index contributed by atoms with van der Waals surface area (Å²) < 4.78 is 2.04. The van der Waals surface area contributed by atoms with Crippen LogP contribution in [-0.2, 0) is 0 Å². The van der Waals surface area contributed by atoms with Crippen molar-refractivity contribution in [1.29, 1.82) is 0 Å². The molecule has 0 radical (unpaired) electrons. The zero-order valence-corrected chi connectivity index (χ0v) is 8.91. The van der Waals surface area contributed by atoms with Crippen LogP contribution in [0.3, 0.4) is 0 Å². The van der Waals surface area contributed by atoms with Crippen molar-refractivity contribution in [2.24, 2.45) is 5.73 Å². The van der Waals surface area contributed by atoms with Crippen molar-refractivity contribution < 1.29 is 0 Å². The molecule has 3 heteroatoms. The minimum atomic E-state index is 0.0650. The summed E-state index contributed by atoms with van der Waals surface area (Å²) in [6, 6.07) is 2.57. The van der Waals surface area contributed by atoms with Gasteiger partial charge in [-0.3, -0.25) is 4.68 Å². The van der Waals surface area contributed by atoms with E-state index in [4.69, 9.17) is 5.73 Å². The highest BCUT2D eigenvalue weighted by Crippen LogP contribution is 2.18. The number of hydrogen-bond acceptors (Lipinski definition) is 2. The summed E-state index contributed by atoms with van der Waals surface area (Å²) in [5.41, 5.74) is 8.04. The summed E-state index contributed by atoms with van der Waals surface area (Å²) in [7, 11) is 0. The highest BCUT2D eigenvalue weighted by Gasteiger charge is 2.12. The van der Waals surface area contributed by atoms with E-state index in [1.165, 1.54) is 0 Å². The Morgan fingerprint density at radius 3 is 2.62 bits per heavy atom. The Labute approximate surface area is 79.9 Å². The number of nitrogens with two attached hydrogens (primary N) is 1. The van der Waals surface area contributed by atoms with Crippen LogP contribution < -0.4 is 5.73 Å². The summed E-state index contributed by atoms with van der Waals surface area (Å²) in [4.78, 5) is 0. The van der Waals surface area contributed by atoms with E-state index in [0.29, 0.717) is 6.04 Å². The third-order valence-electron chi connectivity index (χ3n) is 2.36. The Morgan fingerprint density at radius 1 is 1.54 bits per heavy atom. The Kier molecular flexibility index (Phi) is 3.09. The molecule has 2 N–H and O–H groups in total. The van der Waals surface area contributed by atoms with E-state index in [1.807, 2.05) is 18.5 Å². The fraction of sp³-hybridized carbons (Fsp3) is 0.700. The average molecular weight is 181 g/mol. The van der Waals surface area contributed by atoms with E-state index in [-0.39, 0.29) is 6.04 Å². The van der Waals surface area contributed by atoms with Gasteiger partial charge in [0.15, 0.2) is 0 Å². The lowest BCUT2D eigenvalue weighted by Gasteiger charge is -2.15. The molecular formula is C10H19N3. The molecule has 0 aliphatic carbocycles. The maximum atomic E-state index is 5.86. The molecule has 3 nitrogen and oxygen atoms in total. The van der Waals surface area contributed by atoms with Gasteiger partial charge in [0.25, 0.3) is 0 Å². The fourth-order valence-corrected chi connectivity index (χ4v) is 1.40. The van der Waals surface area contributed by atoms with Gasteiger partial charge in [-0.25, -0.2) is 0 Å². The summed E-state index contributed by atoms with van der Waals surface area (Å²) in [5, 5.41) is 4.44. The first-order valence-electron chi connectivity index (χ1n) is 4.87. The number of rotatable bonds is 3. The molecule has 1 aromatic heterocycles. The van der Waals surface area contributed by atoms with E-state index in [1.54, 1.807) is 0 Å². The van der Waals surface area contributed by atoms with E-state index < -0.39 is 0 Å². The van der Waals surface area contributed by atoms with Gasteiger partial charge in [0.1, 0.15) is 0 Å². The third kappa shape index (κ3) is 2.10. The van der Waals surface area contributed by atoms with Crippen molar-refractivity contribution in [3.8, 4) is 0 Å². The maximum Gasteiger partial charge on any atom is 0.0597 e. The number of aromatic nitrogens is 2. The third-order valence-corrected chi connectivity index (χ3v) is 2.36. The van der Waals surface area contributed by atoms with Crippen LogP contribution in [0.4, 0.5) is 0 Å². The molecule has 0 fully saturated rings. The predicted octanol–water partition coefficient (Wildman–Crippen LogP) is 2.18. The van der Waals surface area contributed by atoms with Gasteiger partial charge < -0.3 is 5.73 Å². The minimum absolute atomic E-state index is 0.0650. The molecule has 0 amide bonds. The Hall–Kier alpha value is -0.830. The van der Waals surface area contributed by atoms with E-state index in [9.17, 15) is 0 Å². The van der Waals surface area contributed by atoms with Gasteiger partial charge in [0.05, 0.1) is 11.4 Å². The normalized spacial score (nSPS) is 15.8. The van der Waals surface area contributed by atoms with Gasteiger partial charge >= 0.3 is 0 Å². The van der Waals surface area contributed by atoms with Gasteiger partial charge in [0, 0.05) is 12.1 Å². The van der Waals surface area contributed by atoms with Crippen molar-refractivity contribution in [2.75, 3.05) is 0 Å². The molecular weight excluding hydrogens is 162 g/mol. The van der Waals surface area contributed by atoms with Crippen LogP contribution in [0.5, 0.6) is 0 Å². The van der Waals surface area contributed by atoms with Gasteiger partial charge in [-0.15, -0.1) is 0 Å². The average Bonchev–Trinajstić information content (AvgIpc) is 2.46. The summed E-state index contributed by atoms with van der Waals surface area (Å²) in [6.45, 7) is 8.32. The van der Waals surface area contributed by atoms with Crippen molar-refractivity contribution in [3.05, 3.63) is 17.5 Å². The first kappa shape index (κ1) is 10.3. The zero-order chi connectivity index (χ0) is 10.0. The van der Waals surface area contributed by atoms with Gasteiger partial charge in [0.2, 0.25) is 0 Å². The smallest absolute Gasteiger partial charge is 0.0597 e. The Bertz CT molecular complexity index is 276. The van der Waals surface area contributed by atoms with Crippen molar-refractivity contribution >= 4 is 0 Å². The molecule has 0 saturated heterocycles. The highest BCUT2D eigenvalue weighted by molar-refractivity contribution is 5.12. The second kappa shape index (κ2) is 3.92. The molecule has 2 atom stereocenters. The van der Waals surface area contributed by atoms with Crippen molar-refractivity contribution in [3.63, 3.8) is 0 Å². The highest BCUT2D eigenvalue weighted by atomic mass is 15.3. The summed E-state index contributed by atoms with van der Waals surface area (Å²) in [6.07, 6.45) is 1.08. The van der Waals surface area contributed by atoms with Crippen LogP contribution >= 0.6 is 0 Å². The summed E-state index contributed by atoms with van der Waals surface area (Å²) >= 11 is 0. The topological polar surface area (TPSA) is 43.8 Å². The van der Waals surface area contributed by atoms with Gasteiger partial charge in [-0.1, -0.05) is 6.92 Å². The molecule has 1 unspecified atom stereocenters. The van der Waals surface area contributed by atoms with Gasteiger partial charge in [-0.05, 0) is 33.3 Å². The van der Waals surface area contributed by atoms with Gasteiger partial charge in [-0.2, -0.15) is 5.10 Å². The van der Waals surface area contributed by atoms with E-state index in [2.05, 4.69) is 25.0 Å². The first-order chi connectivity index (χ1) is 6.06. The van der Waals surface area contributed by atoms with Crippen LogP contribution in [0.15, 0.2) is 6.07 Å². The second-order valence-corrected chi connectivity index (χ2v) is 3.70. The molecule has 1 aromatic rings. The van der Waals surface area contributed by atoms with Crippen LogP contribution in [0, 0.1) is 6.92 Å². The molecule has 0 aromatic carbocycles. The maximum absolute atomic E-state index is 5.86. The molecule has 0 bridgehead atoms. The SMILES string of the molecule is CCC(C)n1nc(C)cc1[C@H](C)N. The summed E-state index contributed by atoms with van der Waals surface area (Å²) in [5.74, 6) is 0. The molecule has 0 spiro atoms. The Balaban J connectivity index is 3.04. The van der Waals surface area contributed by atoms with E-state index >= 15 is 0 Å². The molecule has 1 heterocycles. The lowest BCUT2D eigenvalue weighted by atomic mass is 10.2. The monoisotopic (exact) mass is 181 g/mol. The quantitative estimate of drug-likeness (QED) is 0.776. The van der Waals surface area contributed by atoms with E-state index in [0.717, 1.165) is 17.8 Å². The zero-order valence-electron chi connectivity index (χ0n) is 8.91. The van der Waals surface area contributed by atoms with Crippen LogP contribution in [-0.4, -0.2) is 9.78 Å². The minimum Gasteiger partial charge on any atom is -0.323 e. The molecule has 0 aliphatic rings. The fourth-order valence-electron chi connectivity index (χ4n) is 1.40. The van der Waals surface area contributed by atoms with Crippen LogP contribution in [0.1, 0.15) is 50.7 Å². The lowest BCUT2D eigenvalue weighted by molar-refractivity contribution is 0.448. The largest absolute Gasteiger partial charge is 0.323 e. The number of aryl methyl sites for hydroxylation is 1. The van der Waals surface area contributed by atoms with Crippen molar-refractivity contribution in [1.82, 2.24) is 9.78 Å². The molecule has 74 valence electrons. The van der Waals surface area contributed by atoms with Crippen LogP contribution in [0.25, 0.3) is 0 Å².